The van der Waals surface area contributed by atoms with Crippen LogP contribution in [0.15, 0.2) is 54.7 Å². The first kappa shape index (κ1) is 13.9. The maximum atomic E-state index is 11.2. The van der Waals surface area contributed by atoms with Crippen LogP contribution in [0.2, 0.25) is 0 Å². The maximum absolute atomic E-state index is 11.2. The second-order valence-electron chi connectivity index (χ2n) is 4.89. The van der Waals surface area contributed by atoms with Crippen molar-refractivity contribution in [3.63, 3.8) is 0 Å². The van der Waals surface area contributed by atoms with E-state index in [0.29, 0.717) is 11.2 Å². The highest BCUT2D eigenvalue weighted by molar-refractivity contribution is 6.01. The number of hydrogen-bond acceptors (Lipinski definition) is 4. The molecule has 0 aliphatic rings. The number of para-hydroxylation sites is 1. The number of amides is 1. The molecule has 3 aromatic rings. The fraction of sp³-hybridized carbons (Fsp3) is 0.0588. The number of aromatic hydroxyl groups is 1. The Balaban J connectivity index is 2.06. The maximum Gasteiger partial charge on any atom is 0.221 e. The molecule has 0 saturated carbocycles. The van der Waals surface area contributed by atoms with Gasteiger partial charge in [0.1, 0.15) is 5.52 Å². The summed E-state index contributed by atoms with van der Waals surface area (Å²) in [6, 6.07) is 15.1. The summed E-state index contributed by atoms with van der Waals surface area (Å²) in [5.74, 6) is -0.280. The first-order valence-electron chi connectivity index (χ1n) is 6.85. The van der Waals surface area contributed by atoms with Gasteiger partial charge >= 0.3 is 0 Å². The smallest absolute Gasteiger partial charge is 0.221 e. The molecule has 1 amide bonds. The lowest BCUT2D eigenvalue weighted by Crippen LogP contribution is -2.06. The Morgan fingerprint density at radius 1 is 1.05 bits per heavy atom. The fourth-order valence-corrected chi connectivity index (χ4v) is 2.28. The Labute approximate surface area is 127 Å². The van der Waals surface area contributed by atoms with Gasteiger partial charge in [-0.2, -0.15) is 0 Å². The minimum Gasteiger partial charge on any atom is -0.504 e. The predicted octanol–water partition coefficient (Wildman–Crippen LogP) is 3.64. The second kappa shape index (κ2) is 5.73. The molecule has 5 nitrogen and oxygen atoms in total. The zero-order chi connectivity index (χ0) is 15.5. The van der Waals surface area contributed by atoms with E-state index in [-0.39, 0.29) is 11.7 Å². The van der Waals surface area contributed by atoms with Crippen molar-refractivity contribution >= 4 is 33.9 Å². The number of carbonyl (C=O) groups is 1. The van der Waals surface area contributed by atoms with Gasteiger partial charge in [0.25, 0.3) is 0 Å². The minimum absolute atomic E-state index is 0.0376. The molecule has 0 aliphatic heterocycles. The molecule has 0 saturated heterocycles. The van der Waals surface area contributed by atoms with Crippen LogP contribution in [-0.2, 0) is 4.79 Å². The summed E-state index contributed by atoms with van der Waals surface area (Å²) >= 11 is 0. The van der Waals surface area contributed by atoms with Gasteiger partial charge in [-0.05, 0) is 30.3 Å². The number of phenolic OH excluding ortho intramolecular Hbond substituents is 1. The van der Waals surface area contributed by atoms with Gasteiger partial charge < -0.3 is 15.7 Å². The van der Waals surface area contributed by atoms with Crippen molar-refractivity contribution in [2.45, 2.75) is 6.92 Å². The van der Waals surface area contributed by atoms with E-state index in [1.165, 1.54) is 6.92 Å². The predicted molar refractivity (Wildman–Crippen MR) is 87.4 cm³/mol. The monoisotopic (exact) mass is 293 g/mol. The zero-order valence-corrected chi connectivity index (χ0v) is 12.0. The third kappa shape index (κ3) is 2.69. The zero-order valence-electron chi connectivity index (χ0n) is 12.0. The van der Waals surface area contributed by atoms with Gasteiger partial charge in [-0.25, -0.2) is 0 Å². The quantitative estimate of drug-likeness (QED) is 0.644. The van der Waals surface area contributed by atoms with E-state index < -0.39 is 0 Å². The van der Waals surface area contributed by atoms with E-state index in [1.54, 1.807) is 12.3 Å². The number of aromatic nitrogens is 1. The summed E-state index contributed by atoms with van der Waals surface area (Å²) in [5.41, 5.74) is 2.57. The number of fused-ring (bicyclic) bond motifs is 1. The summed E-state index contributed by atoms with van der Waals surface area (Å²) in [6.07, 6.45) is 1.62. The number of carbonyl (C=O) groups excluding carboxylic acids is 1. The van der Waals surface area contributed by atoms with E-state index in [2.05, 4.69) is 15.6 Å². The van der Waals surface area contributed by atoms with Gasteiger partial charge in [-0.15, -0.1) is 0 Å². The minimum atomic E-state index is -0.242. The molecule has 5 heteroatoms. The molecule has 22 heavy (non-hydrogen) atoms. The fourth-order valence-electron chi connectivity index (χ4n) is 2.28. The average molecular weight is 293 g/mol. The largest absolute Gasteiger partial charge is 0.504 e. The molecule has 0 bridgehead atoms. The molecule has 0 unspecified atom stereocenters. The first-order chi connectivity index (χ1) is 10.6. The topological polar surface area (TPSA) is 74.2 Å². The molecule has 1 heterocycles. The van der Waals surface area contributed by atoms with Crippen LogP contribution in [-0.4, -0.2) is 16.0 Å². The van der Waals surface area contributed by atoms with Crippen molar-refractivity contribution in [3.05, 3.63) is 54.7 Å². The Bertz CT molecular complexity index is 832. The number of phenols is 1. The lowest BCUT2D eigenvalue weighted by molar-refractivity contribution is -0.114. The number of rotatable bonds is 3. The molecule has 0 atom stereocenters. The van der Waals surface area contributed by atoms with Gasteiger partial charge in [-0.1, -0.05) is 18.2 Å². The molecule has 0 fully saturated rings. The number of hydrogen-bond donors (Lipinski definition) is 3. The van der Waals surface area contributed by atoms with Crippen LogP contribution in [0.25, 0.3) is 10.9 Å². The number of nitrogens with one attached hydrogen (secondary N) is 2. The third-order valence-electron chi connectivity index (χ3n) is 3.25. The van der Waals surface area contributed by atoms with E-state index in [9.17, 15) is 9.90 Å². The van der Waals surface area contributed by atoms with E-state index in [1.807, 2.05) is 42.5 Å². The molecule has 110 valence electrons. The van der Waals surface area contributed by atoms with E-state index in [0.717, 1.165) is 16.8 Å². The van der Waals surface area contributed by atoms with Gasteiger partial charge in [0.05, 0.1) is 5.69 Å². The molecular weight excluding hydrogens is 278 g/mol. The van der Waals surface area contributed by atoms with Crippen molar-refractivity contribution in [2.24, 2.45) is 0 Å². The van der Waals surface area contributed by atoms with Crippen molar-refractivity contribution in [2.75, 3.05) is 10.6 Å². The Hall–Kier alpha value is -3.08. The molecule has 3 N–H and O–H groups in total. The lowest BCUT2D eigenvalue weighted by atomic mass is 10.1. The van der Waals surface area contributed by atoms with Crippen LogP contribution < -0.4 is 10.6 Å². The summed E-state index contributed by atoms with van der Waals surface area (Å²) in [7, 11) is 0. The van der Waals surface area contributed by atoms with Crippen LogP contribution in [0.5, 0.6) is 5.75 Å². The highest BCUT2D eigenvalue weighted by Gasteiger charge is 2.11. The van der Waals surface area contributed by atoms with Crippen molar-refractivity contribution in [3.8, 4) is 5.75 Å². The molecule has 0 radical (unpaired) electrons. The van der Waals surface area contributed by atoms with Gasteiger partial charge in [0.15, 0.2) is 5.75 Å². The number of pyridine rings is 1. The standard InChI is InChI=1S/C17H15N3O2/c1-11(21)19-15-8-7-13-14(9-10-18-16(13)17(15)22)20-12-5-3-2-4-6-12/h2-10,22H,1H3,(H,18,20)(H,19,21). The van der Waals surface area contributed by atoms with Crippen LogP contribution in [0, 0.1) is 0 Å². The summed E-state index contributed by atoms with van der Waals surface area (Å²) in [4.78, 5) is 15.4. The SMILES string of the molecule is CC(=O)Nc1ccc2c(Nc3ccccc3)ccnc2c1O. The molecule has 2 aromatic carbocycles. The van der Waals surface area contributed by atoms with Gasteiger partial charge in [0.2, 0.25) is 5.91 Å². The molecule has 3 rings (SSSR count). The number of nitrogens with zero attached hydrogens (tertiary/aromatic N) is 1. The number of benzene rings is 2. The Morgan fingerprint density at radius 3 is 2.55 bits per heavy atom. The van der Waals surface area contributed by atoms with Gasteiger partial charge in [-0.3, -0.25) is 9.78 Å². The Kier molecular flexibility index (Phi) is 3.62. The van der Waals surface area contributed by atoms with Crippen LogP contribution in [0.3, 0.4) is 0 Å². The van der Waals surface area contributed by atoms with Crippen molar-refractivity contribution in [1.29, 1.82) is 0 Å². The Morgan fingerprint density at radius 2 is 1.82 bits per heavy atom. The van der Waals surface area contributed by atoms with Crippen molar-refractivity contribution in [1.82, 2.24) is 4.98 Å². The van der Waals surface area contributed by atoms with Crippen LogP contribution >= 0.6 is 0 Å². The van der Waals surface area contributed by atoms with E-state index >= 15 is 0 Å². The number of anilines is 3. The van der Waals surface area contributed by atoms with Crippen molar-refractivity contribution < 1.29 is 9.90 Å². The molecule has 1 aromatic heterocycles. The highest BCUT2D eigenvalue weighted by Crippen LogP contribution is 2.35. The summed E-state index contributed by atoms with van der Waals surface area (Å²) < 4.78 is 0. The summed E-state index contributed by atoms with van der Waals surface area (Å²) in [6.45, 7) is 1.39. The molecule has 0 spiro atoms. The first-order valence-corrected chi connectivity index (χ1v) is 6.85. The lowest BCUT2D eigenvalue weighted by Gasteiger charge is -2.12. The van der Waals surface area contributed by atoms with E-state index in [4.69, 9.17) is 0 Å². The van der Waals surface area contributed by atoms with Crippen LogP contribution in [0.4, 0.5) is 17.1 Å². The average Bonchev–Trinajstić information content (AvgIpc) is 2.51. The van der Waals surface area contributed by atoms with Crippen LogP contribution in [0.1, 0.15) is 6.92 Å². The molecular formula is C17H15N3O2. The molecule has 0 aliphatic carbocycles. The second-order valence-corrected chi connectivity index (χ2v) is 4.89. The third-order valence-corrected chi connectivity index (χ3v) is 3.25. The summed E-state index contributed by atoms with van der Waals surface area (Å²) in [5, 5.41) is 16.9. The normalized spacial score (nSPS) is 10.4. The van der Waals surface area contributed by atoms with Gasteiger partial charge in [0, 0.05) is 29.9 Å². The highest BCUT2D eigenvalue weighted by atomic mass is 16.3.